The van der Waals surface area contributed by atoms with Gasteiger partial charge in [0.2, 0.25) is 4.77 Å². The van der Waals surface area contributed by atoms with Crippen LogP contribution in [0.4, 0.5) is 0 Å². The van der Waals surface area contributed by atoms with Gasteiger partial charge in [0.1, 0.15) is 0 Å². The number of benzene rings is 1. The molecule has 0 atom stereocenters. The van der Waals surface area contributed by atoms with Gasteiger partial charge in [-0.1, -0.05) is 0 Å². The molecule has 3 aromatic rings. The molecule has 0 unspecified atom stereocenters. The highest BCUT2D eigenvalue weighted by Gasteiger charge is 2.12. The molecule has 6 nitrogen and oxygen atoms in total. The van der Waals surface area contributed by atoms with Crippen LogP contribution >= 0.6 is 39.5 Å². The first-order valence-electron chi connectivity index (χ1n) is 6.82. The zero-order chi connectivity index (χ0) is 17.1. The molecule has 0 spiro atoms. The third-order valence-corrected chi connectivity index (χ3v) is 5.01. The smallest absolute Gasteiger partial charge is 0.216 e. The van der Waals surface area contributed by atoms with Crippen LogP contribution in [0.5, 0.6) is 11.5 Å². The summed E-state index contributed by atoms with van der Waals surface area (Å²) in [7, 11) is 3.18. The Labute approximate surface area is 155 Å². The number of halogens is 1. The molecule has 0 fully saturated rings. The van der Waals surface area contributed by atoms with Gasteiger partial charge in [-0.15, -0.1) is 11.3 Å². The zero-order valence-electron chi connectivity index (χ0n) is 12.8. The van der Waals surface area contributed by atoms with Crippen molar-refractivity contribution in [1.29, 1.82) is 0 Å². The van der Waals surface area contributed by atoms with Crippen molar-refractivity contribution in [3.8, 4) is 22.9 Å². The molecule has 0 amide bonds. The van der Waals surface area contributed by atoms with Gasteiger partial charge in [-0.3, -0.25) is 0 Å². The van der Waals surface area contributed by atoms with Crippen LogP contribution in [0.15, 0.2) is 39.2 Å². The van der Waals surface area contributed by atoms with Crippen LogP contribution in [-0.2, 0) is 0 Å². The topological polar surface area (TPSA) is 64.4 Å². The molecule has 0 aliphatic carbocycles. The number of H-pyrrole nitrogens is 1. The van der Waals surface area contributed by atoms with Crippen molar-refractivity contribution in [3.63, 3.8) is 0 Å². The van der Waals surface area contributed by atoms with Gasteiger partial charge >= 0.3 is 0 Å². The number of hydrogen-bond acceptors (Lipinski definition) is 6. The summed E-state index contributed by atoms with van der Waals surface area (Å²) in [6, 6.07) is 9.46. The van der Waals surface area contributed by atoms with E-state index in [4.69, 9.17) is 21.7 Å². The molecular weight excluding hydrogens is 412 g/mol. The summed E-state index contributed by atoms with van der Waals surface area (Å²) < 4.78 is 13.6. The van der Waals surface area contributed by atoms with Gasteiger partial charge in [-0.05, 0) is 58.5 Å². The Kier molecular flexibility index (Phi) is 5.12. The monoisotopic (exact) mass is 424 g/mol. The number of hydrogen-bond donors (Lipinski definition) is 1. The third kappa shape index (κ3) is 3.42. The number of nitrogens with one attached hydrogen (secondary N) is 1. The van der Waals surface area contributed by atoms with E-state index in [1.807, 2.05) is 30.3 Å². The van der Waals surface area contributed by atoms with E-state index in [9.17, 15) is 0 Å². The Bertz CT molecular complexity index is 945. The number of aromatic amines is 1. The zero-order valence-corrected chi connectivity index (χ0v) is 16.0. The lowest BCUT2D eigenvalue weighted by Crippen LogP contribution is -1.96. The van der Waals surface area contributed by atoms with E-state index in [1.165, 1.54) is 0 Å². The minimum Gasteiger partial charge on any atom is -0.493 e. The summed E-state index contributed by atoms with van der Waals surface area (Å²) in [5.74, 6) is 1.85. The number of aromatic nitrogens is 3. The number of methoxy groups -OCH3 is 2. The molecular formula is C15H13BrN4O2S2. The lowest BCUT2D eigenvalue weighted by atomic mass is 10.2. The van der Waals surface area contributed by atoms with Crippen LogP contribution in [0, 0.1) is 4.77 Å². The summed E-state index contributed by atoms with van der Waals surface area (Å²) in [6.45, 7) is 0. The largest absolute Gasteiger partial charge is 0.493 e. The van der Waals surface area contributed by atoms with Crippen LogP contribution < -0.4 is 9.47 Å². The summed E-state index contributed by atoms with van der Waals surface area (Å²) in [5, 5.41) is 11.5. The first kappa shape index (κ1) is 16.9. The highest BCUT2D eigenvalue weighted by molar-refractivity contribution is 9.11. The Morgan fingerprint density at radius 2 is 2.04 bits per heavy atom. The molecule has 124 valence electrons. The van der Waals surface area contributed by atoms with E-state index in [2.05, 4.69) is 31.2 Å². The molecule has 0 radical (unpaired) electrons. The van der Waals surface area contributed by atoms with Gasteiger partial charge in [0, 0.05) is 10.4 Å². The summed E-state index contributed by atoms with van der Waals surface area (Å²) in [6.07, 6.45) is 1.74. The van der Waals surface area contributed by atoms with Crippen LogP contribution in [0.1, 0.15) is 4.88 Å². The Morgan fingerprint density at radius 3 is 2.71 bits per heavy atom. The average Bonchev–Trinajstić information content (AvgIpc) is 3.17. The van der Waals surface area contributed by atoms with Gasteiger partial charge in [0.25, 0.3) is 0 Å². The van der Waals surface area contributed by atoms with Gasteiger partial charge < -0.3 is 9.47 Å². The molecule has 0 aliphatic heterocycles. The first-order chi connectivity index (χ1) is 11.6. The predicted molar refractivity (Wildman–Crippen MR) is 101 cm³/mol. The average molecular weight is 425 g/mol. The van der Waals surface area contributed by atoms with Gasteiger partial charge in [0.15, 0.2) is 17.3 Å². The normalized spacial score (nSPS) is 11.1. The second kappa shape index (κ2) is 7.29. The van der Waals surface area contributed by atoms with Crippen molar-refractivity contribution in [1.82, 2.24) is 14.9 Å². The van der Waals surface area contributed by atoms with Crippen LogP contribution in [0.2, 0.25) is 0 Å². The maximum Gasteiger partial charge on any atom is 0.216 e. The fourth-order valence-electron chi connectivity index (χ4n) is 2.07. The van der Waals surface area contributed by atoms with Crippen molar-refractivity contribution in [2.24, 2.45) is 5.10 Å². The second-order valence-electron chi connectivity index (χ2n) is 4.62. The SMILES string of the molecule is COc1ccc(-c2n[nH]c(=S)n2N=Cc2ccc(Br)s2)cc1OC. The van der Waals surface area contributed by atoms with Gasteiger partial charge in [-0.2, -0.15) is 14.9 Å². The fourth-order valence-corrected chi connectivity index (χ4v) is 3.54. The Morgan fingerprint density at radius 1 is 1.25 bits per heavy atom. The summed E-state index contributed by atoms with van der Waals surface area (Å²) in [5.41, 5.74) is 0.810. The maximum atomic E-state index is 5.34. The minimum atomic E-state index is 0.409. The summed E-state index contributed by atoms with van der Waals surface area (Å²) >= 11 is 10.3. The first-order valence-corrected chi connectivity index (χ1v) is 8.83. The van der Waals surface area contributed by atoms with Crippen molar-refractivity contribution < 1.29 is 9.47 Å². The lowest BCUT2D eigenvalue weighted by molar-refractivity contribution is 0.355. The molecule has 2 heterocycles. The van der Waals surface area contributed by atoms with E-state index in [0.717, 1.165) is 14.2 Å². The maximum absolute atomic E-state index is 5.34. The highest BCUT2D eigenvalue weighted by atomic mass is 79.9. The fraction of sp³-hybridized carbons (Fsp3) is 0.133. The molecule has 24 heavy (non-hydrogen) atoms. The van der Waals surface area contributed by atoms with Crippen LogP contribution in [0.3, 0.4) is 0 Å². The Hall–Kier alpha value is -1.97. The van der Waals surface area contributed by atoms with Crippen molar-refractivity contribution in [2.75, 3.05) is 14.2 Å². The highest BCUT2D eigenvalue weighted by Crippen LogP contribution is 2.31. The number of thiophene rings is 1. The number of nitrogens with zero attached hydrogens (tertiary/aromatic N) is 3. The van der Waals surface area contributed by atoms with Crippen LogP contribution in [0.25, 0.3) is 11.4 Å². The summed E-state index contributed by atoms with van der Waals surface area (Å²) in [4.78, 5) is 1.00. The van der Waals surface area contributed by atoms with Gasteiger partial charge in [-0.25, -0.2) is 5.10 Å². The van der Waals surface area contributed by atoms with Crippen molar-refractivity contribution in [3.05, 3.63) is 43.8 Å². The van der Waals surface area contributed by atoms with E-state index in [-0.39, 0.29) is 0 Å². The molecule has 1 aromatic carbocycles. The van der Waals surface area contributed by atoms with Crippen molar-refractivity contribution in [2.45, 2.75) is 0 Å². The van der Waals surface area contributed by atoms with Gasteiger partial charge in [0.05, 0.1) is 24.2 Å². The molecule has 9 heteroatoms. The number of ether oxygens (including phenoxy) is 2. The van der Waals surface area contributed by atoms with E-state index < -0.39 is 0 Å². The molecule has 0 saturated heterocycles. The predicted octanol–water partition coefficient (Wildman–Crippen LogP) is 4.33. The van der Waals surface area contributed by atoms with E-state index in [1.54, 1.807) is 36.4 Å². The second-order valence-corrected chi connectivity index (χ2v) is 7.50. The Balaban J connectivity index is 2.01. The molecule has 0 bridgehead atoms. The lowest BCUT2D eigenvalue weighted by Gasteiger charge is -2.08. The molecule has 2 aromatic heterocycles. The minimum absolute atomic E-state index is 0.409. The van der Waals surface area contributed by atoms with E-state index in [0.29, 0.717) is 22.1 Å². The van der Waals surface area contributed by atoms with E-state index >= 15 is 0 Å². The van der Waals surface area contributed by atoms with Crippen LogP contribution in [-0.4, -0.2) is 35.3 Å². The molecule has 0 saturated carbocycles. The molecule has 1 N–H and O–H groups in total. The molecule has 0 aliphatic rings. The third-order valence-electron chi connectivity index (χ3n) is 3.19. The standard InChI is InChI=1S/C15H13BrN4O2S2/c1-21-11-5-3-9(7-12(11)22-2)14-18-19-15(23)20(14)17-8-10-4-6-13(16)24-10/h3-8H,1-2H3,(H,19,23). The molecule has 3 rings (SSSR count). The number of rotatable bonds is 5. The quantitative estimate of drug-likeness (QED) is 0.488. The van der Waals surface area contributed by atoms with Crippen molar-refractivity contribution >= 4 is 45.7 Å².